The van der Waals surface area contributed by atoms with Gasteiger partial charge in [0.05, 0.1) is 6.61 Å². The number of ether oxygens (including phenoxy) is 2. The van der Waals surface area contributed by atoms with Gasteiger partial charge in [0.2, 0.25) is 5.60 Å². The van der Waals surface area contributed by atoms with Crippen molar-refractivity contribution in [3.05, 3.63) is 29.8 Å². The van der Waals surface area contributed by atoms with Gasteiger partial charge in [0.25, 0.3) is 11.9 Å². The van der Waals surface area contributed by atoms with Gasteiger partial charge < -0.3 is 15.2 Å². The Kier molecular flexibility index (Phi) is 2.75. The minimum absolute atomic E-state index is 0.0913. The molecule has 1 aliphatic rings. The zero-order chi connectivity index (χ0) is 12.5. The second-order valence-electron chi connectivity index (χ2n) is 3.85. The highest BCUT2D eigenvalue weighted by molar-refractivity contribution is 6.01. The average molecular weight is 234 g/mol. The molecule has 17 heavy (non-hydrogen) atoms. The molecule has 1 amide bonds. The molecular formula is C12H14N2O3. The molecule has 90 valence electrons. The summed E-state index contributed by atoms with van der Waals surface area (Å²) >= 11 is 0. The van der Waals surface area contributed by atoms with Gasteiger partial charge in [-0.3, -0.25) is 4.79 Å². The summed E-state index contributed by atoms with van der Waals surface area (Å²) in [5.41, 5.74) is 4.99. The molecule has 0 aromatic heterocycles. The van der Waals surface area contributed by atoms with Gasteiger partial charge in [0, 0.05) is 5.56 Å². The van der Waals surface area contributed by atoms with Gasteiger partial charge in [0.15, 0.2) is 0 Å². The number of aliphatic imine (C=N–C) groups is 1. The first-order valence-electron chi connectivity index (χ1n) is 5.37. The number of nitrogens with two attached hydrogens (primary N) is 1. The molecule has 1 unspecified atom stereocenters. The normalized spacial score (nSPS) is 23.2. The monoisotopic (exact) mass is 234 g/mol. The van der Waals surface area contributed by atoms with Crippen LogP contribution in [0.3, 0.4) is 0 Å². The smallest absolute Gasteiger partial charge is 0.298 e. The Bertz CT molecular complexity index is 467. The first kappa shape index (κ1) is 11.4. The van der Waals surface area contributed by atoms with Gasteiger partial charge in [-0.2, -0.15) is 4.99 Å². The molecule has 0 radical (unpaired) electrons. The van der Waals surface area contributed by atoms with E-state index in [1.165, 1.54) is 0 Å². The summed E-state index contributed by atoms with van der Waals surface area (Å²) in [6, 6.07) is 7.03. The van der Waals surface area contributed by atoms with Crippen molar-refractivity contribution in [2.45, 2.75) is 19.4 Å². The van der Waals surface area contributed by atoms with Crippen molar-refractivity contribution < 1.29 is 14.3 Å². The van der Waals surface area contributed by atoms with E-state index < -0.39 is 5.60 Å². The lowest BCUT2D eigenvalue weighted by Crippen LogP contribution is -2.31. The predicted molar refractivity (Wildman–Crippen MR) is 62.7 cm³/mol. The molecule has 0 aliphatic carbocycles. The third-order valence-electron chi connectivity index (χ3n) is 2.64. The van der Waals surface area contributed by atoms with E-state index in [2.05, 4.69) is 4.99 Å². The molecule has 1 aromatic rings. The van der Waals surface area contributed by atoms with E-state index in [4.69, 9.17) is 15.2 Å². The van der Waals surface area contributed by atoms with Crippen molar-refractivity contribution in [3.8, 4) is 5.75 Å². The lowest BCUT2D eigenvalue weighted by molar-refractivity contribution is -0.130. The predicted octanol–water partition coefficient (Wildman–Crippen LogP) is 1.17. The first-order valence-corrected chi connectivity index (χ1v) is 5.37. The molecule has 0 saturated heterocycles. The molecule has 1 heterocycles. The minimum Gasteiger partial charge on any atom is -0.494 e. The number of carbonyl (C=O) groups excluding carboxylic acids is 1. The van der Waals surface area contributed by atoms with Crippen molar-refractivity contribution in [2.75, 3.05) is 6.61 Å². The molecule has 0 fully saturated rings. The van der Waals surface area contributed by atoms with Crippen molar-refractivity contribution in [2.24, 2.45) is 10.7 Å². The second-order valence-corrected chi connectivity index (χ2v) is 3.85. The van der Waals surface area contributed by atoms with Crippen LogP contribution < -0.4 is 10.5 Å². The Morgan fingerprint density at radius 2 is 2.06 bits per heavy atom. The molecule has 5 nitrogen and oxygen atoms in total. The van der Waals surface area contributed by atoms with Crippen molar-refractivity contribution in [3.63, 3.8) is 0 Å². The molecule has 0 bridgehead atoms. The van der Waals surface area contributed by atoms with E-state index in [1.54, 1.807) is 31.2 Å². The molecule has 1 aliphatic heterocycles. The summed E-state index contributed by atoms with van der Waals surface area (Å²) in [4.78, 5) is 15.3. The maximum Gasteiger partial charge on any atom is 0.298 e. The van der Waals surface area contributed by atoms with Crippen LogP contribution in [0.25, 0.3) is 0 Å². The number of hydrogen-bond acceptors (Lipinski definition) is 4. The number of hydrogen-bond donors (Lipinski definition) is 1. The summed E-state index contributed by atoms with van der Waals surface area (Å²) < 4.78 is 10.6. The summed E-state index contributed by atoms with van der Waals surface area (Å²) in [5.74, 6) is 0.360. The van der Waals surface area contributed by atoms with E-state index in [0.29, 0.717) is 12.2 Å². The van der Waals surface area contributed by atoms with Gasteiger partial charge in [-0.25, -0.2) is 0 Å². The molecule has 1 aromatic carbocycles. The summed E-state index contributed by atoms with van der Waals surface area (Å²) in [6.07, 6.45) is 0. The van der Waals surface area contributed by atoms with Crippen LogP contribution in [0.15, 0.2) is 29.3 Å². The standard InChI is InChI=1S/C12H14N2O3/c1-3-16-9-6-4-8(5-7-9)12(2)10(15)14-11(13)17-12/h4-7H,3H2,1-2H3,(H2,13,14,15). The Hall–Kier alpha value is -2.04. The zero-order valence-electron chi connectivity index (χ0n) is 9.77. The van der Waals surface area contributed by atoms with Crippen molar-refractivity contribution in [1.29, 1.82) is 0 Å². The first-order chi connectivity index (χ1) is 8.06. The lowest BCUT2D eigenvalue weighted by atomic mass is 9.95. The van der Waals surface area contributed by atoms with E-state index in [-0.39, 0.29) is 11.9 Å². The Labute approximate surface area is 99.2 Å². The van der Waals surface area contributed by atoms with Crippen LogP contribution in [0.1, 0.15) is 19.4 Å². The van der Waals surface area contributed by atoms with Crippen LogP contribution in [-0.4, -0.2) is 18.5 Å². The molecular weight excluding hydrogens is 220 g/mol. The SMILES string of the molecule is CCOc1ccc(C2(C)OC(N)=NC2=O)cc1. The average Bonchev–Trinajstić information content (AvgIpc) is 2.55. The highest BCUT2D eigenvalue weighted by atomic mass is 16.5. The fourth-order valence-corrected chi connectivity index (χ4v) is 1.70. The fraction of sp³-hybridized carbons (Fsp3) is 0.333. The number of rotatable bonds is 3. The Morgan fingerprint density at radius 3 is 2.53 bits per heavy atom. The number of carbonyl (C=O) groups is 1. The second kappa shape index (κ2) is 4.08. The Balaban J connectivity index is 2.26. The van der Waals surface area contributed by atoms with Gasteiger partial charge in [0.1, 0.15) is 5.75 Å². The van der Waals surface area contributed by atoms with E-state index in [1.807, 2.05) is 6.92 Å². The molecule has 1 atom stereocenters. The Morgan fingerprint density at radius 1 is 1.41 bits per heavy atom. The van der Waals surface area contributed by atoms with Gasteiger partial charge in [-0.15, -0.1) is 0 Å². The van der Waals surface area contributed by atoms with E-state index >= 15 is 0 Å². The van der Waals surface area contributed by atoms with Crippen LogP contribution in [0, 0.1) is 0 Å². The van der Waals surface area contributed by atoms with Crippen molar-refractivity contribution >= 4 is 11.9 Å². The topological polar surface area (TPSA) is 73.9 Å². The third-order valence-corrected chi connectivity index (χ3v) is 2.64. The number of amidine groups is 1. The number of amides is 1. The van der Waals surface area contributed by atoms with Gasteiger partial charge >= 0.3 is 0 Å². The van der Waals surface area contributed by atoms with Crippen LogP contribution >= 0.6 is 0 Å². The van der Waals surface area contributed by atoms with Crippen LogP contribution in [0.2, 0.25) is 0 Å². The van der Waals surface area contributed by atoms with E-state index in [9.17, 15) is 4.79 Å². The number of benzene rings is 1. The van der Waals surface area contributed by atoms with Crippen LogP contribution in [-0.2, 0) is 15.1 Å². The molecule has 2 N–H and O–H groups in total. The summed E-state index contributed by atoms with van der Waals surface area (Å²) in [5, 5.41) is 0. The van der Waals surface area contributed by atoms with Crippen molar-refractivity contribution in [1.82, 2.24) is 0 Å². The summed E-state index contributed by atoms with van der Waals surface area (Å²) in [6.45, 7) is 4.16. The van der Waals surface area contributed by atoms with Gasteiger partial charge in [-0.1, -0.05) is 12.1 Å². The van der Waals surface area contributed by atoms with Gasteiger partial charge in [-0.05, 0) is 26.0 Å². The highest BCUT2D eigenvalue weighted by Gasteiger charge is 2.43. The highest BCUT2D eigenvalue weighted by Crippen LogP contribution is 2.31. The fourth-order valence-electron chi connectivity index (χ4n) is 1.70. The number of nitrogens with zero attached hydrogens (tertiary/aromatic N) is 1. The third kappa shape index (κ3) is 1.95. The molecule has 0 spiro atoms. The lowest BCUT2D eigenvalue weighted by Gasteiger charge is -2.21. The van der Waals surface area contributed by atoms with Crippen LogP contribution in [0.4, 0.5) is 0 Å². The molecule has 5 heteroatoms. The quantitative estimate of drug-likeness (QED) is 0.852. The molecule has 2 rings (SSSR count). The maximum absolute atomic E-state index is 11.7. The maximum atomic E-state index is 11.7. The minimum atomic E-state index is -1.12. The zero-order valence-corrected chi connectivity index (χ0v) is 9.77. The van der Waals surface area contributed by atoms with E-state index in [0.717, 1.165) is 5.75 Å². The van der Waals surface area contributed by atoms with Crippen LogP contribution in [0.5, 0.6) is 5.75 Å². The molecule has 0 saturated carbocycles. The summed E-state index contributed by atoms with van der Waals surface area (Å²) in [7, 11) is 0. The largest absolute Gasteiger partial charge is 0.494 e.